The van der Waals surface area contributed by atoms with Gasteiger partial charge in [-0.15, -0.1) is 24.8 Å². The van der Waals surface area contributed by atoms with Crippen LogP contribution in [0.5, 0.6) is 0 Å². The summed E-state index contributed by atoms with van der Waals surface area (Å²) in [6, 6.07) is -0.472. The molecule has 0 aliphatic rings. The Morgan fingerprint density at radius 3 is 2.70 bits per heavy atom. The topological polar surface area (TPSA) is 82.2 Å². The lowest BCUT2D eigenvalue weighted by Gasteiger charge is -2.15. The van der Waals surface area contributed by atoms with E-state index in [0.29, 0.717) is 13.2 Å². The van der Waals surface area contributed by atoms with E-state index in [1.807, 2.05) is 18.4 Å². The predicted octanol–water partition coefficient (Wildman–Crippen LogP) is 0.973. The van der Waals surface area contributed by atoms with Gasteiger partial charge in [-0.25, -0.2) is 4.98 Å². The van der Waals surface area contributed by atoms with Gasteiger partial charge in [0.15, 0.2) is 0 Å². The van der Waals surface area contributed by atoms with Crippen molar-refractivity contribution in [2.45, 2.75) is 33.0 Å². The first-order valence-corrected chi connectivity index (χ1v) is 6.07. The molecule has 0 saturated heterocycles. The third kappa shape index (κ3) is 6.56. The number of nitrogens with one attached hydrogen (secondary N) is 1. The normalized spacial score (nSPS) is 11.4. The number of methoxy groups -OCH3 is 1. The van der Waals surface area contributed by atoms with E-state index in [0.717, 1.165) is 12.2 Å². The van der Waals surface area contributed by atoms with Gasteiger partial charge in [0.2, 0.25) is 5.91 Å². The summed E-state index contributed by atoms with van der Waals surface area (Å²) < 4.78 is 6.96. The van der Waals surface area contributed by atoms with E-state index >= 15 is 0 Å². The number of nitrogens with two attached hydrogens (primary N) is 1. The van der Waals surface area contributed by atoms with Gasteiger partial charge in [0.05, 0.1) is 31.2 Å². The molecule has 20 heavy (non-hydrogen) atoms. The number of imidazole rings is 1. The average Bonchev–Trinajstić information content (AvgIpc) is 2.79. The SMILES string of the molecule is COCCn1cncc1CNC(=O)[C@H](N)C(C)C.Cl.Cl. The van der Waals surface area contributed by atoms with Crippen molar-refractivity contribution in [3.05, 3.63) is 18.2 Å². The van der Waals surface area contributed by atoms with Crippen molar-refractivity contribution in [3.8, 4) is 0 Å². The van der Waals surface area contributed by atoms with E-state index in [1.54, 1.807) is 19.6 Å². The van der Waals surface area contributed by atoms with Crippen LogP contribution in [-0.4, -0.2) is 35.2 Å². The molecule has 1 heterocycles. The van der Waals surface area contributed by atoms with Gasteiger partial charge in [0.25, 0.3) is 0 Å². The molecule has 1 aromatic rings. The van der Waals surface area contributed by atoms with Crippen LogP contribution < -0.4 is 11.1 Å². The molecule has 0 saturated carbocycles. The monoisotopic (exact) mass is 326 g/mol. The number of ether oxygens (including phenoxy) is 1. The summed E-state index contributed by atoms with van der Waals surface area (Å²) in [7, 11) is 1.65. The van der Waals surface area contributed by atoms with E-state index in [2.05, 4.69) is 10.3 Å². The van der Waals surface area contributed by atoms with Crippen LogP contribution in [0.4, 0.5) is 0 Å². The molecule has 0 bridgehead atoms. The number of amides is 1. The van der Waals surface area contributed by atoms with Crippen LogP contribution in [0, 0.1) is 5.92 Å². The highest BCUT2D eigenvalue weighted by molar-refractivity contribution is 5.85. The highest BCUT2D eigenvalue weighted by atomic mass is 35.5. The van der Waals surface area contributed by atoms with Crippen molar-refractivity contribution in [1.29, 1.82) is 0 Å². The van der Waals surface area contributed by atoms with Gasteiger partial charge < -0.3 is 20.4 Å². The van der Waals surface area contributed by atoms with Crippen LogP contribution in [0.15, 0.2) is 12.5 Å². The lowest BCUT2D eigenvalue weighted by atomic mass is 10.1. The summed E-state index contributed by atoms with van der Waals surface area (Å²) in [6.45, 7) is 5.61. The first kappa shape index (κ1) is 21.5. The molecule has 1 atom stereocenters. The minimum absolute atomic E-state index is 0. The van der Waals surface area contributed by atoms with Crippen LogP contribution >= 0.6 is 24.8 Å². The zero-order valence-electron chi connectivity index (χ0n) is 12.0. The summed E-state index contributed by atoms with van der Waals surface area (Å²) in [5.41, 5.74) is 6.70. The number of hydrogen-bond donors (Lipinski definition) is 2. The maximum atomic E-state index is 11.7. The summed E-state index contributed by atoms with van der Waals surface area (Å²) in [5, 5.41) is 2.82. The standard InChI is InChI=1S/C12H22N4O2.2ClH/c1-9(2)11(13)12(17)15-7-10-6-14-8-16(10)4-5-18-3;;/h6,8-9,11H,4-5,7,13H2,1-3H3,(H,15,17);2*1H/t11-;;/m1../s1. The van der Waals surface area contributed by atoms with Crippen molar-refractivity contribution >= 4 is 30.7 Å². The summed E-state index contributed by atoms with van der Waals surface area (Å²) in [6.07, 6.45) is 3.46. The number of carbonyl (C=O) groups excluding carboxylic acids is 1. The smallest absolute Gasteiger partial charge is 0.237 e. The molecule has 0 aliphatic heterocycles. The molecule has 118 valence electrons. The fraction of sp³-hybridized carbons (Fsp3) is 0.667. The van der Waals surface area contributed by atoms with E-state index in [-0.39, 0.29) is 36.6 Å². The third-order valence-electron chi connectivity index (χ3n) is 2.80. The Morgan fingerprint density at radius 2 is 2.15 bits per heavy atom. The number of hydrogen-bond acceptors (Lipinski definition) is 4. The molecule has 3 N–H and O–H groups in total. The Kier molecular flexibility index (Phi) is 11.7. The van der Waals surface area contributed by atoms with Gasteiger partial charge >= 0.3 is 0 Å². The fourth-order valence-corrected chi connectivity index (χ4v) is 1.48. The predicted molar refractivity (Wildman–Crippen MR) is 83.3 cm³/mol. The van der Waals surface area contributed by atoms with Crippen LogP contribution in [0.3, 0.4) is 0 Å². The van der Waals surface area contributed by atoms with Gasteiger partial charge in [-0.3, -0.25) is 4.79 Å². The van der Waals surface area contributed by atoms with E-state index < -0.39 is 6.04 Å². The molecule has 1 aromatic heterocycles. The van der Waals surface area contributed by atoms with Crippen molar-refractivity contribution < 1.29 is 9.53 Å². The van der Waals surface area contributed by atoms with E-state index in [9.17, 15) is 4.79 Å². The van der Waals surface area contributed by atoms with Crippen LogP contribution in [0.1, 0.15) is 19.5 Å². The highest BCUT2D eigenvalue weighted by Crippen LogP contribution is 2.01. The van der Waals surface area contributed by atoms with Gasteiger partial charge in [0, 0.05) is 19.9 Å². The number of halogens is 2. The fourth-order valence-electron chi connectivity index (χ4n) is 1.48. The molecule has 0 fully saturated rings. The van der Waals surface area contributed by atoms with Crippen LogP contribution in [0.2, 0.25) is 0 Å². The average molecular weight is 327 g/mol. The molecule has 6 nitrogen and oxygen atoms in total. The van der Waals surface area contributed by atoms with Gasteiger partial charge in [-0.2, -0.15) is 0 Å². The lowest BCUT2D eigenvalue weighted by molar-refractivity contribution is -0.123. The summed E-state index contributed by atoms with van der Waals surface area (Å²) in [5.74, 6) is -0.00658. The molecule has 0 aromatic carbocycles. The second kappa shape index (κ2) is 10.9. The first-order chi connectivity index (χ1) is 8.56. The Labute approximate surface area is 132 Å². The van der Waals surface area contributed by atoms with Crippen molar-refractivity contribution in [2.75, 3.05) is 13.7 Å². The molecule has 8 heteroatoms. The molecule has 1 rings (SSSR count). The Balaban J connectivity index is 0. The summed E-state index contributed by atoms with van der Waals surface area (Å²) in [4.78, 5) is 15.8. The summed E-state index contributed by atoms with van der Waals surface area (Å²) >= 11 is 0. The molecular formula is C12H24Cl2N4O2. The Hall–Kier alpha value is -0.820. The zero-order chi connectivity index (χ0) is 13.5. The number of aromatic nitrogens is 2. The molecular weight excluding hydrogens is 303 g/mol. The lowest BCUT2D eigenvalue weighted by Crippen LogP contribution is -2.43. The minimum atomic E-state index is -0.472. The van der Waals surface area contributed by atoms with Gasteiger partial charge in [-0.1, -0.05) is 13.8 Å². The first-order valence-electron chi connectivity index (χ1n) is 6.07. The Bertz CT molecular complexity index is 385. The van der Waals surface area contributed by atoms with Crippen molar-refractivity contribution in [2.24, 2.45) is 11.7 Å². The molecule has 0 aliphatic carbocycles. The number of nitrogens with zero attached hydrogens (tertiary/aromatic N) is 2. The molecule has 0 radical (unpaired) electrons. The maximum absolute atomic E-state index is 11.7. The highest BCUT2D eigenvalue weighted by Gasteiger charge is 2.16. The second-order valence-electron chi connectivity index (χ2n) is 4.56. The van der Waals surface area contributed by atoms with Crippen LogP contribution in [-0.2, 0) is 22.6 Å². The quantitative estimate of drug-likeness (QED) is 0.782. The zero-order valence-corrected chi connectivity index (χ0v) is 13.7. The second-order valence-corrected chi connectivity index (χ2v) is 4.56. The molecule has 1 amide bonds. The third-order valence-corrected chi connectivity index (χ3v) is 2.80. The van der Waals surface area contributed by atoms with Crippen molar-refractivity contribution in [3.63, 3.8) is 0 Å². The minimum Gasteiger partial charge on any atom is -0.383 e. The largest absolute Gasteiger partial charge is 0.383 e. The van der Waals surface area contributed by atoms with Gasteiger partial charge in [0.1, 0.15) is 0 Å². The molecule has 0 spiro atoms. The number of rotatable bonds is 7. The Morgan fingerprint density at radius 1 is 1.50 bits per heavy atom. The van der Waals surface area contributed by atoms with Gasteiger partial charge in [-0.05, 0) is 5.92 Å². The van der Waals surface area contributed by atoms with Crippen LogP contribution in [0.25, 0.3) is 0 Å². The maximum Gasteiger partial charge on any atom is 0.237 e. The van der Waals surface area contributed by atoms with E-state index in [4.69, 9.17) is 10.5 Å². The molecule has 0 unspecified atom stereocenters. The van der Waals surface area contributed by atoms with E-state index in [1.165, 1.54) is 0 Å². The number of carbonyl (C=O) groups is 1. The van der Waals surface area contributed by atoms with Crippen molar-refractivity contribution in [1.82, 2.24) is 14.9 Å².